The lowest BCUT2D eigenvalue weighted by atomic mass is 9.70. The third-order valence-corrected chi connectivity index (χ3v) is 4.46. The lowest BCUT2D eigenvalue weighted by Crippen LogP contribution is -2.37. The Balaban J connectivity index is 2.29. The van der Waals surface area contributed by atoms with Crippen LogP contribution in [-0.4, -0.2) is 10.9 Å². The Morgan fingerprint density at radius 1 is 1.00 bits per heavy atom. The number of nitrogens with two attached hydrogens (primary N) is 1. The van der Waals surface area contributed by atoms with Crippen molar-refractivity contribution in [2.45, 2.75) is 19.8 Å². The standard InChI is InChI=1S/C20H20N2O/c1-20(2,19(21)23)17(14-8-4-3-5-9-14)16-12-6-10-15-11-7-13-22-18(15)16/h3-13,17H,1-2H3,(H2,21,23). The smallest absolute Gasteiger partial charge is 0.224 e. The molecule has 3 nitrogen and oxygen atoms in total. The van der Waals surface area contributed by atoms with Gasteiger partial charge < -0.3 is 5.73 Å². The summed E-state index contributed by atoms with van der Waals surface area (Å²) >= 11 is 0. The van der Waals surface area contributed by atoms with Crippen LogP contribution in [0.4, 0.5) is 0 Å². The van der Waals surface area contributed by atoms with Crippen molar-refractivity contribution < 1.29 is 4.79 Å². The fourth-order valence-corrected chi connectivity index (χ4v) is 3.13. The van der Waals surface area contributed by atoms with Gasteiger partial charge in [-0.25, -0.2) is 0 Å². The van der Waals surface area contributed by atoms with Crippen molar-refractivity contribution in [3.8, 4) is 0 Å². The molecule has 0 saturated heterocycles. The second-order valence-electron chi connectivity index (χ2n) is 6.35. The van der Waals surface area contributed by atoms with Crippen LogP contribution in [0.15, 0.2) is 66.9 Å². The van der Waals surface area contributed by atoms with E-state index in [1.807, 2.05) is 74.5 Å². The van der Waals surface area contributed by atoms with E-state index < -0.39 is 5.41 Å². The van der Waals surface area contributed by atoms with E-state index in [2.05, 4.69) is 4.98 Å². The van der Waals surface area contributed by atoms with Crippen LogP contribution in [0.3, 0.4) is 0 Å². The lowest BCUT2D eigenvalue weighted by molar-refractivity contribution is -0.126. The van der Waals surface area contributed by atoms with Crippen LogP contribution in [0.25, 0.3) is 10.9 Å². The Morgan fingerprint density at radius 3 is 2.39 bits per heavy atom. The van der Waals surface area contributed by atoms with Crippen molar-refractivity contribution in [2.24, 2.45) is 11.1 Å². The summed E-state index contributed by atoms with van der Waals surface area (Å²) in [7, 11) is 0. The van der Waals surface area contributed by atoms with Gasteiger partial charge in [0.15, 0.2) is 0 Å². The monoisotopic (exact) mass is 304 g/mol. The molecule has 0 aliphatic rings. The van der Waals surface area contributed by atoms with Crippen LogP contribution in [0, 0.1) is 5.41 Å². The van der Waals surface area contributed by atoms with E-state index in [1.165, 1.54) is 0 Å². The molecule has 116 valence electrons. The van der Waals surface area contributed by atoms with Crippen molar-refractivity contribution in [3.63, 3.8) is 0 Å². The quantitative estimate of drug-likeness (QED) is 0.795. The van der Waals surface area contributed by atoms with E-state index in [-0.39, 0.29) is 11.8 Å². The van der Waals surface area contributed by atoms with Gasteiger partial charge in [0, 0.05) is 17.5 Å². The molecule has 3 rings (SSSR count). The molecule has 23 heavy (non-hydrogen) atoms. The number of amides is 1. The van der Waals surface area contributed by atoms with Gasteiger partial charge in [-0.1, -0.05) is 68.4 Å². The molecule has 2 aromatic carbocycles. The SMILES string of the molecule is CC(C)(C(N)=O)C(c1ccccc1)c1cccc2cccnc12. The normalized spacial score (nSPS) is 13.0. The zero-order valence-corrected chi connectivity index (χ0v) is 13.4. The fraction of sp³-hybridized carbons (Fsp3) is 0.200. The van der Waals surface area contributed by atoms with Gasteiger partial charge >= 0.3 is 0 Å². The molecule has 0 bridgehead atoms. The van der Waals surface area contributed by atoms with E-state index in [9.17, 15) is 4.79 Å². The molecule has 1 aromatic heterocycles. The van der Waals surface area contributed by atoms with E-state index in [1.54, 1.807) is 6.20 Å². The number of rotatable bonds is 4. The minimum absolute atomic E-state index is 0.153. The van der Waals surface area contributed by atoms with Crippen molar-refractivity contribution >= 4 is 16.8 Å². The Labute approximate surface area is 136 Å². The zero-order valence-electron chi connectivity index (χ0n) is 13.4. The van der Waals surface area contributed by atoms with Gasteiger partial charge in [0.05, 0.1) is 10.9 Å². The summed E-state index contributed by atoms with van der Waals surface area (Å²) in [6.07, 6.45) is 1.78. The number of benzene rings is 2. The molecular weight excluding hydrogens is 284 g/mol. The second-order valence-corrected chi connectivity index (χ2v) is 6.35. The number of aromatic nitrogens is 1. The van der Waals surface area contributed by atoms with Crippen LogP contribution in [0.2, 0.25) is 0 Å². The summed E-state index contributed by atoms with van der Waals surface area (Å²) in [6, 6.07) is 20.0. The predicted octanol–water partition coefficient (Wildman–Crippen LogP) is 3.88. The third-order valence-electron chi connectivity index (χ3n) is 4.46. The first kappa shape index (κ1) is 15.2. The van der Waals surface area contributed by atoms with E-state index >= 15 is 0 Å². The molecule has 1 amide bonds. The largest absolute Gasteiger partial charge is 0.369 e. The number of fused-ring (bicyclic) bond motifs is 1. The number of para-hydroxylation sites is 1. The van der Waals surface area contributed by atoms with E-state index in [4.69, 9.17) is 5.73 Å². The maximum absolute atomic E-state index is 12.1. The summed E-state index contributed by atoms with van der Waals surface area (Å²) < 4.78 is 0. The van der Waals surface area contributed by atoms with Gasteiger partial charge in [0.1, 0.15) is 0 Å². The van der Waals surface area contributed by atoms with Gasteiger partial charge in [-0.3, -0.25) is 9.78 Å². The molecule has 0 fully saturated rings. The maximum Gasteiger partial charge on any atom is 0.224 e. The molecular formula is C20H20N2O. The number of hydrogen-bond acceptors (Lipinski definition) is 2. The summed E-state index contributed by atoms with van der Waals surface area (Å²) in [5.41, 5.74) is 8.01. The van der Waals surface area contributed by atoms with Crippen molar-refractivity contribution in [3.05, 3.63) is 78.0 Å². The van der Waals surface area contributed by atoms with Gasteiger partial charge in [0.2, 0.25) is 5.91 Å². The minimum Gasteiger partial charge on any atom is -0.369 e. The highest BCUT2D eigenvalue weighted by molar-refractivity contribution is 5.86. The van der Waals surface area contributed by atoms with Gasteiger partial charge in [0.25, 0.3) is 0 Å². The second kappa shape index (κ2) is 5.84. The van der Waals surface area contributed by atoms with Crippen molar-refractivity contribution in [1.82, 2.24) is 4.98 Å². The zero-order chi connectivity index (χ0) is 16.4. The molecule has 1 heterocycles. The molecule has 0 radical (unpaired) electrons. The number of carbonyl (C=O) groups is 1. The highest BCUT2D eigenvalue weighted by Crippen LogP contribution is 2.42. The van der Waals surface area contributed by atoms with Crippen LogP contribution in [0.1, 0.15) is 30.9 Å². The molecule has 2 N–H and O–H groups in total. The molecule has 1 unspecified atom stereocenters. The van der Waals surface area contributed by atoms with Gasteiger partial charge in [-0.05, 0) is 17.2 Å². The van der Waals surface area contributed by atoms with Crippen LogP contribution < -0.4 is 5.73 Å². The molecule has 0 spiro atoms. The summed E-state index contributed by atoms with van der Waals surface area (Å²) in [4.78, 5) is 16.7. The number of pyridine rings is 1. The number of primary amides is 1. The average Bonchev–Trinajstić information content (AvgIpc) is 2.56. The molecule has 3 aromatic rings. The topological polar surface area (TPSA) is 56.0 Å². The molecule has 3 heteroatoms. The third kappa shape index (κ3) is 2.70. The Morgan fingerprint density at radius 2 is 1.70 bits per heavy atom. The highest BCUT2D eigenvalue weighted by atomic mass is 16.1. The van der Waals surface area contributed by atoms with Gasteiger partial charge in [-0.2, -0.15) is 0 Å². The average molecular weight is 304 g/mol. The minimum atomic E-state index is -0.729. The first-order valence-corrected chi connectivity index (χ1v) is 7.70. The predicted molar refractivity (Wildman–Crippen MR) is 93.0 cm³/mol. The maximum atomic E-state index is 12.1. The van der Waals surface area contributed by atoms with E-state index in [0.717, 1.165) is 22.0 Å². The number of hydrogen-bond donors (Lipinski definition) is 1. The molecule has 0 aliphatic carbocycles. The fourth-order valence-electron chi connectivity index (χ4n) is 3.13. The summed E-state index contributed by atoms with van der Waals surface area (Å²) in [5, 5.41) is 1.06. The molecule has 1 atom stereocenters. The summed E-state index contributed by atoms with van der Waals surface area (Å²) in [6.45, 7) is 3.80. The number of nitrogens with zero attached hydrogens (tertiary/aromatic N) is 1. The van der Waals surface area contributed by atoms with E-state index in [0.29, 0.717) is 0 Å². The molecule has 0 aliphatic heterocycles. The number of carbonyl (C=O) groups excluding carboxylic acids is 1. The summed E-state index contributed by atoms with van der Waals surface area (Å²) in [5.74, 6) is -0.473. The Kier molecular flexibility index (Phi) is 3.87. The first-order chi connectivity index (χ1) is 11.0. The first-order valence-electron chi connectivity index (χ1n) is 7.70. The Bertz CT molecular complexity index is 835. The van der Waals surface area contributed by atoms with Crippen molar-refractivity contribution in [1.29, 1.82) is 0 Å². The molecule has 0 saturated carbocycles. The van der Waals surface area contributed by atoms with Gasteiger partial charge in [-0.15, -0.1) is 0 Å². The van der Waals surface area contributed by atoms with Crippen LogP contribution in [0.5, 0.6) is 0 Å². The van der Waals surface area contributed by atoms with Crippen molar-refractivity contribution in [2.75, 3.05) is 0 Å². The van der Waals surface area contributed by atoms with Crippen LogP contribution >= 0.6 is 0 Å². The highest BCUT2D eigenvalue weighted by Gasteiger charge is 2.38. The van der Waals surface area contributed by atoms with Crippen LogP contribution in [-0.2, 0) is 4.79 Å². The Hall–Kier alpha value is -2.68. The lowest BCUT2D eigenvalue weighted by Gasteiger charge is -2.32.